The van der Waals surface area contributed by atoms with Crippen LogP contribution in [0.5, 0.6) is 0 Å². The lowest BCUT2D eigenvalue weighted by molar-refractivity contribution is 0.168. The monoisotopic (exact) mass is 312 g/mol. The van der Waals surface area contributed by atoms with E-state index in [0.29, 0.717) is 24.7 Å². The molecule has 0 aliphatic rings. The maximum atomic E-state index is 11.4. The Hall–Kier alpha value is -3.02. The molecule has 0 radical (unpaired) electrons. The van der Waals surface area contributed by atoms with Gasteiger partial charge in [-0.3, -0.25) is 5.32 Å². The smallest absolute Gasteiger partial charge is 0.411 e. The van der Waals surface area contributed by atoms with Gasteiger partial charge in [0.15, 0.2) is 0 Å². The normalized spacial score (nSPS) is 10.5. The molecule has 0 fully saturated rings. The van der Waals surface area contributed by atoms with Crippen LogP contribution in [-0.4, -0.2) is 24.2 Å². The molecule has 6 nitrogen and oxygen atoms in total. The molecular weight excluding hydrogens is 292 g/mol. The zero-order chi connectivity index (χ0) is 16.5. The molecule has 0 atom stereocenters. The Bertz CT molecular complexity index is 672. The first-order chi connectivity index (χ1) is 11.2. The van der Waals surface area contributed by atoms with Crippen molar-refractivity contribution < 1.29 is 9.53 Å². The van der Waals surface area contributed by atoms with Crippen molar-refractivity contribution in [1.82, 2.24) is 4.98 Å². The summed E-state index contributed by atoms with van der Waals surface area (Å²) in [5.74, 6) is 0.865. The van der Waals surface area contributed by atoms with Crippen molar-refractivity contribution in [1.29, 1.82) is 0 Å². The highest BCUT2D eigenvalue weighted by Crippen LogP contribution is 2.18. The number of anilines is 3. The highest BCUT2D eigenvalue weighted by molar-refractivity contribution is 5.88. The summed E-state index contributed by atoms with van der Waals surface area (Å²) in [5, 5.41) is 5.68. The highest BCUT2D eigenvalue weighted by Gasteiger charge is 2.06. The van der Waals surface area contributed by atoms with Crippen molar-refractivity contribution in [3.05, 3.63) is 54.1 Å². The predicted molar refractivity (Wildman–Crippen MR) is 93.3 cm³/mol. The van der Waals surface area contributed by atoms with Crippen LogP contribution < -0.4 is 16.4 Å². The molecule has 1 aromatic carbocycles. The molecule has 0 saturated carbocycles. The molecule has 1 heterocycles. The summed E-state index contributed by atoms with van der Waals surface area (Å²) in [5.41, 5.74) is 7.38. The van der Waals surface area contributed by atoms with Gasteiger partial charge < -0.3 is 15.8 Å². The van der Waals surface area contributed by atoms with Crippen molar-refractivity contribution in [3.63, 3.8) is 0 Å². The summed E-state index contributed by atoms with van der Waals surface area (Å²) < 4.78 is 4.79. The van der Waals surface area contributed by atoms with E-state index in [1.165, 1.54) is 0 Å². The predicted octanol–water partition coefficient (Wildman–Crippen LogP) is 3.36. The number of hydrogen-bond acceptors (Lipinski definition) is 5. The number of carbonyl (C=O) groups is 1. The molecule has 2 aromatic rings. The van der Waals surface area contributed by atoms with E-state index in [1.807, 2.05) is 42.5 Å². The van der Waals surface area contributed by atoms with E-state index in [4.69, 9.17) is 10.5 Å². The third-order valence-corrected chi connectivity index (χ3v) is 2.95. The Labute approximate surface area is 135 Å². The SMILES string of the molecule is CCOC(=O)Nc1ccc(NC/C=C/c2ccccc2)nc1N. The number of rotatable bonds is 6. The van der Waals surface area contributed by atoms with Gasteiger partial charge in [-0.25, -0.2) is 9.78 Å². The number of nitrogen functional groups attached to an aromatic ring is 1. The van der Waals surface area contributed by atoms with Gasteiger partial charge in [0.25, 0.3) is 0 Å². The topological polar surface area (TPSA) is 89.3 Å². The van der Waals surface area contributed by atoms with E-state index in [2.05, 4.69) is 15.6 Å². The molecule has 120 valence electrons. The van der Waals surface area contributed by atoms with Crippen LogP contribution in [0.25, 0.3) is 6.08 Å². The summed E-state index contributed by atoms with van der Waals surface area (Å²) in [7, 11) is 0. The number of pyridine rings is 1. The van der Waals surface area contributed by atoms with Gasteiger partial charge in [0.05, 0.1) is 12.3 Å². The van der Waals surface area contributed by atoms with Gasteiger partial charge in [-0.15, -0.1) is 0 Å². The minimum Gasteiger partial charge on any atom is -0.450 e. The van der Waals surface area contributed by atoms with E-state index >= 15 is 0 Å². The minimum absolute atomic E-state index is 0.232. The third-order valence-electron chi connectivity index (χ3n) is 2.95. The summed E-state index contributed by atoms with van der Waals surface area (Å²) >= 11 is 0. The molecule has 0 aliphatic heterocycles. The van der Waals surface area contributed by atoms with Crippen molar-refractivity contribution in [3.8, 4) is 0 Å². The molecule has 4 N–H and O–H groups in total. The quantitative estimate of drug-likeness (QED) is 0.761. The van der Waals surface area contributed by atoms with Crippen LogP contribution in [0.3, 0.4) is 0 Å². The summed E-state index contributed by atoms with van der Waals surface area (Å²) in [6.07, 6.45) is 3.47. The van der Waals surface area contributed by atoms with Gasteiger partial charge in [0.1, 0.15) is 11.6 Å². The zero-order valence-electron chi connectivity index (χ0n) is 13.0. The van der Waals surface area contributed by atoms with E-state index in [9.17, 15) is 4.79 Å². The fourth-order valence-electron chi connectivity index (χ4n) is 1.88. The summed E-state index contributed by atoms with van der Waals surface area (Å²) in [6, 6.07) is 13.4. The number of nitrogens with zero attached hydrogens (tertiary/aromatic N) is 1. The first-order valence-electron chi connectivity index (χ1n) is 7.35. The number of carbonyl (C=O) groups excluding carboxylic acids is 1. The van der Waals surface area contributed by atoms with Gasteiger partial charge in [0.2, 0.25) is 0 Å². The maximum absolute atomic E-state index is 11.4. The van der Waals surface area contributed by atoms with Crippen LogP contribution >= 0.6 is 0 Å². The molecule has 1 amide bonds. The Morgan fingerprint density at radius 1 is 1.26 bits per heavy atom. The molecule has 1 aromatic heterocycles. The second-order valence-corrected chi connectivity index (χ2v) is 4.67. The van der Waals surface area contributed by atoms with Crippen molar-refractivity contribution in [2.45, 2.75) is 6.92 Å². The maximum Gasteiger partial charge on any atom is 0.411 e. The van der Waals surface area contributed by atoms with Crippen molar-refractivity contribution >= 4 is 29.5 Å². The van der Waals surface area contributed by atoms with Crippen LogP contribution in [0.2, 0.25) is 0 Å². The molecule has 0 aliphatic carbocycles. The Morgan fingerprint density at radius 2 is 2.04 bits per heavy atom. The largest absolute Gasteiger partial charge is 0.450 e. The second-order valence-electron chi connectivity index (χ2n) is 4.67. The van der Waals surface area contributed by atoms with Crippen LogP contribution in [-0.2, 0) is 4.74 Å². The zero-order valence-corrected chi connectivity index (χ0v) is 13.0. The summed E-state index contributed by atoms with van der Waals surface area (Å²) in [6.45, 7) is 2.65. The molecule has 0 spiro atoms. The first kappa shape index (κ1) is 16.4. The number of amides is 1. The number of nitrogens with one attached hydrogen (secondary N) is 2. The molecule has 0 bridgehead atoms. The van der Waals surface area contributed by atoms with E-state index in [-0.39, 0.29) is 5.82 Å². The van der Waals surface area contributed by atoms with Crippen LogP contribution in [0, 0.1) is 0 Å². The Kier molecular flexibility index (Phi) is 5.99. The van der Waals surface area contributed by atoms with Gasteiger partial charge in [-0.2, -0.15) is 0 Å². The fourth-order valence-corrected chi connectivity index (χ4v) is 1.88. The lowest BCUT2D eigenvalue weighted by atomic mass is 10.2. The highest BCUT2D eigenvalue weighted by atomic mass is 16.5. The molecular formula is C17H20N4O2. The number of benzene rings is 1. The van der Waals surface area contributed by atoms with Crippen LogP contribution in [0.1, 0.15) is 12.5 Å². The number of ether oxygens (including phenoxy) is 1. The van der Waals surface area contributed by atoms with Crippen molar-refractivity contribution in [2.75, 3.05) is 29.5 Å². The van der Waals surface area contributed by atoms with Gasteiger partial charge in [-0.05, 0) is 24.6 Å². The Balaban J connectivity index is 1.88. The number of aromatic nitrogens is 1. The lowest BCUT2D eigenvalue weighted by Crippen LogP contribution is -2.15. The van der Waals surface area contributed by atoms with E-state index in [0.717, 1.165) is 5.56 Å². The van der Waals surface area contributed by atoms with Crippen LogP contribution in [0.15, 0.2) is 48.5 Å². The summed E-state index contributed by atoms with van der Waals surface area (Å²) in [4.78, 5) is 15.5. The molecule has 0 saturated heterocycles. The first-order valence-corrected chi connectivity index (χ1v) is 7.35. The average molecular weight is 312 g/mol. The van der Waals surface area contributed by atoms with Crippen LogP contribution in [0.4, 0.5) is 22.1 Å². The molecule has 0 unspecified atom stereocenters. The van der Waals surface area contributed by atoms with E-state index in [1.54, 1.807) is 19.1 Å². The number of nitrogens with two attached hydrogens (primary N) is 1. The Morgan fingerprint density at radius 3 is 2.74 bits per heavy atom. The number of hydrogen-bond donors (Lipinski definition) is 3. The molecule has 23 heavy (non-hydrogen) atoms. The van der Waals surface area contributed by atoms with Crippen molar-refractivity contribution in [2.24, 2.45) is 0 Å². The molecule has 2 rings (SSSR count). The lowest BCUT2D eigenvalue weighted by Gasteiger charge is -2.09. The van der Waals surface area contributed by atoms with Gasteiger partial charge >= 0.3 is 6.09 Å². The van der Waals surface area contributed by atoms with Gasteiger partial charge in [-0.1, -0.05) is 42.5 Å². The third kappa shape index (κ3) is 5.35. The standard InChI is InChI=1S/C17H20N4O2/c1-2-23-17(22)20-14-10-11-15(21-16(14)18)19-12-6-9-13-7-4-3-5-8-13/h3-11H,2,12H2,1H3,(H,20,22)(H3,18,19,21)/b9-6+. The second kappa shape index (κ2) is 8.43. The molecule has 6 heteroatoms. The van der Waals surface area contributed by atoms with E-state index < -0.39 is 6.09 Å². The average Bonchev–Trinajstić information content (AvgIpc) is 2.55. The minimum atomic E-state index is -0.549. The van der Waals surface area contributed by atoms with Gasteiger partial charge in [0, 0.05) is 6.54 Å². The fraction of sp³-hybridized carbons (Fsp3) is 0.176.